The SMILES string of the molecule is C[C@@H]1Oc2ccccc2O[C@H]1C(=O)Nc1ccc(-n2ccnc2)cc1. The molecule has 3 aromatic rings. The van der Waals surface area contributed by atoms with Gasteiger partial charge in [0.25, 0.3) is 5.91 Å². The van der Waals surface area contributed by atoms with E-state index in [1.807, 2.05) is 60.2 Å². The number of ether oxygens (including phenoxy) is 2. The lowest BCUT2D eigenvalue weighted by atomic mass is 10.1. The second-order valence-corrected chi connectivity index (χ2v) is 5.81. The van der Waals surface area contributed by atoms with E-state index in [4.69, 9.17) is 9.47 Å². The van der Waals surface area contributed by atoms with Gasteiger partial charge in [-0.3, -0.25) is 4.79 Å². The number of rotatable bonds is 3. The maximum Gasteiger partial charge on any atom is 0.269 e. The van der Waals surface area contributed by atoms with Gasteiger partial charge in [0.05, 0.1) is 6.33 Å². The van der Waals surface area contributed by atoms with Gasteiger partial charge < -0.3 is 19.4 Å². The fraction of sp³-hybridized carbons (Fsp3) is 0.158. The van der Waals surface area contributed by atoms with E-state index in [-0.39, 0.29) is 12.0 Å². The fourth-order valence-corrected chi connectivity index (χ4v) is 2.75. The van der Waals surface area contributed by atoms with Crippen molar-refractivity contribution in [3.63, 3.8) is 0 Å². The Morgan fingerprint density at radius 2 is 1.80 bits per heavy atom. The number of imidazole rings is 1. The molecule has 25 heavy (non-hydrogen) atoms. The van der Waals surface area contributed by atoms with Gasteiger partial charge in [-0.05, 0) is 43.3 Å². The first-order valence-electron chi connectivity index (χ1n) is 8.02. The number of anilines is 1. The smallest absolute Gasteiger partial charge is 0.269 e. The Hall–Kier alpha value is -3.28. The first-order chi connectivity index (χ1) is 12.2. The number of benzene rings is 2. The standard InChI is InChI=1S/C19H17N3O3/c1-13-18(25-17-5-3-2-4-16(17)24-13)19(23)21-14-6-8-15(9-7-14)22-11-10-20-12-22/h2-13,18H,1H3,(H,21,23)/t13-,18+/m0/s1. The van der Waals surface area contributed by atoms with Crippen LogP contribution in [-0.4, -0.2) is 27.7 Å². The van der Waals surface area contributed by atoms with Crippen LogP contribution in [0.25, 0.3) is 5.69 Å². The van der Waals surface area contributed by atoms with Crippen molar-refractivity contribution in [2.24, 2.45) is 0 Å². The second-order valence-electron chi connectivity index (χ2n) is 5.81. The molecule has 0 saturated heterocycles. The number of nitrogens with zero attached hydrogens (tertiary/aromatic N) is 2. The molecule has 2 heterocycles. The highest BCUT2D eigenvalue weighted by Crippen LogP contribution is 2.33. The highest BCUT2D eigenvalue weighted by Gasteiger charge is 2.34. The summed E-state index contributed by atoms with van der Waals surface area (Å²) in [6.45, 7) is 1.82. The number of hydrogen-bond donors (Lipinski definition) is 1. The minimum Gasteiger partial charge on any atom is -0.482 e. The minimum absolute atomic E-state index is 0.239. The summed E-state index contributed by atoms with van der Waals surface area (Å²) in [5.74, 6) is 0.998. The summed E-state index contributed by atoms with van der Waals surface area (Å²) in [5, 5.41) is 2.88. The maximum atomic E-state index is 12.6. The predicted octanol–water partition coefficient (Wildman–Crippen LogP) is 3.04. The quantitative estimate of drug-likeness (QED) is 0.799. The molecule has 126 valence electrons. The summed E-state index contributed by atoms with van der Waals surface area (Å²) in [4.78, 5) is 16.6. The molecule has 1 amide bonds. The zero-order chi connectivity index (χ0) is 17.2. The van der Waals surface area contributed by atoms with Gasteiger partial charge in [0.1, 0.15) is 6.10 Å². The van der Waals surface area contributed by atoms with Crippen molar-refractivity contribution >= 4 is 11.6 Å². The van der Waals surface area contributed by atoms with Gasteiger partial charge in [-0.2, -0.15) is 0 Å². The molecule has 1 N–H and O–H groups in total. The summed E-state index contributed by atoms with van der Waals surface area (Å²) in [7, 11) is 0. The van der Waals surface area contributed by atoms with Gasteiger partial charge in [0, 0.05) is 23.8 Å². The Morgan fingerprint density at radius 1 is 1.08 bits per heavy atom. The number of aromatic nitrogens is 2. The molecule has 6 nitrogen and oxygen atoms in total. The van der Waals surface area contributed by atoms with Crippen LogP contribution in [0.4, 0.5) is 5.69 Å². The first-order valence-corrected chi connectivity index (χ1v) is 8.02. The van der Waals surface area contributed by atoms with E-state index in [9.17, 15) is 4.79 Å². The minimum atomic E-state index is -0.705. The van der Waals surface area contributed by atoms with E-state index in [0.29, 0.717) is 17.2 Å². The van der Waals surface area contributed by atoms with Gasteiger partial charge in [-0.25, -0.2) is 4.98 Å². The van der Waals surface area contributed by atoms with Crippen LogP contribution in [-0.2, 0) is 4.79 Å². The van der Waals surface area contributed by atoms with Crippen LogP contribution in [0.3, 0.4) is 0 Å². The van der Waals surface area contributed by atoms with Gasteiger partial charge in [0.2, 0.25) is 6.10 Å². The van der Waals surface area contributed by atoms with Crippen molar-refractivity contribution in [3.05, 3.63) is 67.3 Å². The summed E-state index contributed by atoms with van der Waals surface area (Å²) >= 11 is 0. The molecule has 6 heteroatoms. The molecule has 1 aromatic heterocycles. The Kier molecular flexibility index (Phi) is 3.85. The van der Waals surface area contributed by atoms with Gasteiger partial charge in [-0.1, -0.05) is 12.1 Å². The van der Waals surface area contributed by atoms with Crippen molar-refractivity contribution in [1.82, 2.24) is 9.55 Å². The molecule has 0 saturated carbocycles. The number of carbonyl (C=O) groups is 1. The van der Waals surface area contributed by atoms with E-state index in [0.717, 1.165) is 5.69 Å². The van der Waals surface area contributed by atoms with Crippen LogP contribution in [0.1, 0.15) is 6.92 Å². The molecule has 0 bridgehead atoms. The van der Waals surface area contributed by atoms with Crippen molar-refractivity contribution in [2.75, 3.05) is 5.32 Å². The highest BCUT2D eigenvalue weighted by atomic mass is 16.6. The number of amides is 1. The lowest BCUT2D eigenvalue weighted by Gasteiger charge is -2.31. The third-order valence-electron chi connectivity index (χ3n) is 4.04. The van der Waals surface area contributed by atoms with Crippen LogP contribution in [0.5, 0.6) is 11.5 Å². The molecule has 2 aromatic carbocycles. The van der Waals surface area contributed by atoms with E-state index in [1.165, 1.54) is 0 Å². The number of nitrogens with one attached hydrogen (secondary N) is 1. The maximum absolute atomic E-state index is 12.6. The fourth-order valence-electron chi connectivity index (χ4n) is 2.75. The largest absolute Gasteiger partial charge is 0.482 e. The number of para-hydroxylation sites is 2. The molecule has 0 fully saturated rings. The van der Waals surface area contributed by atoms with E-state index in [2.05, 4.69) is 10.3 Å². The molecule has 0 aliphatic carbocycles. The number of hydrogen-bond acceptors (Lipinski definition) is 4. The molecule has 2 atom stereocenters. The number of carbonyl (C=O) groups excluding carboxylic acids is 1. The third kappa shape index (κ3) is 3.06. The first kappa shape index (κ1) is 15.3. The molecule has 0 spiro atoms. The molecule has 1 aliphatic heterocycles. The Balaban J connectivity index is 1.47. The lowest BCUT2D eigenvalue weighted by molar-refractivity contribution is -0.128. The molecular formula is C19H17N3O3. The summed E-state index contributed by atoms with van der Waals surface area (Å²) in [6, 6.07) is 14.9. The van der Waals surface area contributed by atoms with Crippen molar-refractivity contribution in [2.45, 2.75) is 19.1 Å². The van der Waals surface area contributed by atoms with Crippen LogP contribution in [0.2, 0.25) is 0 Å². The Morgan fingerprint density at radius 3 is 2.48 bits per heavy atom. The topological polar surface area (TPSA) is 65.4 Å². The van der Waals surface area contributed by atoms with Gasteiger partial charge in [-0.15, -0.1) is 0 Å². The average molecular weight is 335 g/mol. The van der Waals surface area contributed by atoms with E-state index < -0.39 is 6.10 Å². The molecule has 4 rings (SSSR count). The van der Waals surface area contributed by atoms with Crippen LogP contribution in [0, 0.1) is 0 Å². The average Bonchev–Trinajstić information content (AvgIpc) is 3.16. The predicted molar refractivity (Wildman–Crippen MR) is 93.1 cm³/mol. The summed E-state index contributed by atoms with van der Waals surface area (Å²) in [6.07, 6.45) is 4.22. The Labute approximate surface area is 145 Å². The molecule has 0 unspecified atom stereocenters. The molecule has 0 radical (unpaired) electrons. The van der Waals surface area contributed by atoms with Gasteiger partial charge >= 0.3 is 0 Å². The normalized spacial score (nSPS) is 18.6. The summed E-state index contributed by atoms with van der Waals surface area (Å²) in [5.41, 5.74) is 1.67. The zero-order valence-electron chi connectivity index (χ0n) is 13.6. The second kappa shape index (κ2) is 6.32. The monoisotopic (exact) mass is 335 g/mol. The highest BCUT2D eigenvalue weighted by molar-refractivity contribution is 5.95. The zero-order valence-corrected chi connectivity index (χ0v) is 13.6. The van der Waals surface area contributed by atoms with E-state index >= 15 is 0 Å². The third-order valence-corrected chi connectivity index (χ3v) is 4.04. The lowest BCUT2D eigenvalue weighted by Crippen LogP contribution is -2.46. The Bertz CT molecular complexity index is 875. The van der Waals surface area contributed by atoms with Gasteiger partial charge in [0.15, 0.2) is 11.5 Å². The van der Waals surface area contributed by atoms with Crippen LogP contribution in [0.15, 0.2) is 67.3 Å². The summed E-state index contributed by atoms with van der Waals surface area (Å²) < 4.78 is 13.5. The molecule has 1 aliphatic rings. The van der Waals surface area contributed by atoms with Crippen molar-refractivity contribution in [3.8, 4) is 17.2 Å². The van der Waals surface area contributed by atoms with Crippen molar-refractivity contribution in [1.29, 1.82) is 0 Å². The van der Waals surface area contributed by atoms with Crippen LogP contribution < -0.4 is 14.8 Å². The van der Waals surface area contributed by atoms with E-state index in [1.54, 1.807) is 18.6 Å². The molecular weight excluding hydrogens is 318 g/mol. The number of fused-ring (bicyclic) bond motifs is 1. The van der Waals surface area contributed by atoms with Crippen LogP contribution >= 0.6 is 0 Å². The van der Waals surface area contributed by atoms with Crippen molar-refractivity contribution < 1.29 is 14.3 Å².